The molecule has 0 N–H and O–H groups in total. The van der Waals surface area contributed by atoms with Gasteiger partial charge in [0.25, 0.3) is 0 Å². The van der Waals surface area contributed by atoms with Crippen LogP contribution in [0.25, 0.3) is 0 Å². The molecule has 1 aromatic rings. The normalized spacial score (nSPS) is 22.5. The summed E-state index contributed by atoms with van der Waals surface area (Å²) in [7, 11) is 0. The molecule has 0 aliphatic carbocycles. The molecule has 2 aliphatic rings. The maximum absolute atomic E-state index is 5.41. The Morgan fingerprint density at radius 2 is 1.84 bits per heavy atom. The van der Waals surface area contributed by atoms with Gasteiger partial charge in [-0.3, -0.25) is 4.90 Å². The number of rotatable bonds is 3. The molecule has 0 spiro atoms. The van der Waals surface area contributed by atoms with Crippen LogP contribution in [0.1, 0.15) is 19.4 Å². The van der Waals surface area contributed by atoms with Gasteiger partial charge in [-0.25, -0.2) is 0 Å². The van der Waals surface area contributed by atoms with Crippen molar-refractivity contribution in [2.24, 2.45) is 0 Å². The van der Waals surface area contributed by atoms with Crippen molar-refractivity contribution in [1.82, 2.24) is 4.90 Å². The number of fused-ring (bicyclic) bond motifs is 1. The van der Waals surface area contributed by atoms with Gasteiger partial charge in [0.05, 0.1) is 13.2 Å². The molecule has 0 radical (unpaired) electrons. The molecule has 3 rings (SSSR count). The van der Waals surface area contributed by atoms with Gasteiger partial charge in [0.15, 0.2) is 0 Å². The monoisotopic (exact) mass is 260 g/mol. The third-order valence-corrected chi connectivity index (χ3v) is 4.35. The summed E-state index contributed by atoms with van der Waals surface area (Å²) in [5, 5.41) is 0. The predicted octanol–water partition coefficient (Wildman–Crippen LogP) is 2.12. The van der Waals surface area contributed by atoms with E-state index in [9.17, 15) is 0 Å². The molecular weight excluding hydrogens is 236 g/mol. The van der Waals surface area contributed by atoms with Crippen LogP contribution in [0, 0.1) is 0 Å². The quantitative estimate of drug-likeness (QED) is 0.828. The SMILES string of the molecule is CC1(C)CN(CCN2CCOCC2)c2ccccc21. The molecule has 1 aromatic carbocycles. The first-order valence-electron chi connectivity index (χ1n) is 7.31. The molecule has 3 nitrogen and oxygen atoms in total. The highest BCUT2D eigenvalue weighted by atomic mass is 16.5. The molecule has 19 heavy (non-hydrogen) atoms. The van der Waals surface area contributed by atoms with Crippen molar-refractivity contribution < 1.29 is 4.74 Å². The maximum atomic E-state index is 5.41. The number of para-hydroxylation sites is 1. The van der Waals surface area contributed by atoms with E-state index in [1.807, 2.05) is 0 Å². The molecule has 2 aliphatic heterocycles. The van der Waals surface area contributed by atoms with Crippen molar-refractivity contribution in [3.8, 4) is 0 Å². The van der Waals surface area contributed by atoms with Crippen molar-refractivity contribution in [3.05, 3.63) is 29.8 Å². The van der Waals surface area contributed by atoms with Gasteiger partial charge in [-0.05, 0) is 11.6 Å². The zero-order chi connectivity index (χ0) is 13.3. The van der Waals surface area contributed by atoms with Crippen molar-refractivity contribution in [2.75, 3.05) is 50.8 Å². The van der Waals surface area contributed by atoms with Crippen LogP contribution < -0.4 is 4.90 Å². The fraction of sp³-hybridized carbons (Fsp3) is 0.625. The van der Waals surface area contributed by atoms with Crippen LogP contribution in [0.2, 0.25) is 0 Å². The van der Waals surface area contributed by atoms with Gasteiger partial charge in [0.1, 0.15) is 0 Å². The van der Waals surface area contributed by atoms with Gasteiger partial charge in [0.2, 0.25) is 0 Å². The maximum Gasteiger partial charge on any atom is 0.0594 e. The minimum absolute atomic E-state index is 0.279. The third-order valence-electron chi connectivity index (χ3n) is 4.35. The van der Waals surface area contributed by atoms with Gasteiger partial charge in [-0.15, -0.1) is 0 Å². The fourth-order valence-electron chi connectivity index (χ4n) is 3.26. The Labute approximate surface area is 116 Å². The summed E-state index contributed by atoms with van der Waals surface area (Å²) < 4.78 is 5.41. The van der Waals surface area contributed by atoms with Crippen LogP contribution in [0.3, 0.4) is 0 Å². The predicted molar refractivity (Wildman–Crippen MR) is 78.9 cm³/mol. The highest BCUT2D eigenvalue weighted by Crippen LogP contribution is 2.39. The molecule has 1 saturated heterocycles. The van der Waals surface area contributed by atoms with E-state index in [0.717, 1.165) is 45.9 Å². The summed E-state index contributed by atoms with van der Waals surface area (Å²) >= 11 is 0. The second-order valence-electron chi connectivity index (χ2n) is 6.28. The second-order valence-corrected chi connectivity index (χ2v) is 6.28. The Morgan fingerprint density at radius 3 is 2.63 bits per heavy atom. The smallest absolute Gasteiger partial charge is 0.0594 e. The number of hydrogen-bond donors (Lipinski definition) is 0. The number of morpholine rings is 1. The summed E-state index contributed by atoms with van der Waals surface area (Å²) in [4.78, 5) is 5.06. The van der Waals surface area contributed by atoms with E-state index in [4.69, 9.17) is 4.74 Å². The van der Waals surface area contributed by atoms with Crippen molar-refractivity contribution in [3.63, 3.8) is 0 Å². The highest BCUT2D eigenvalue weighted by Gasteiger charge is 2.34. The summed E-state index contributed by atoms with van der Waals surface area (Å²) in [6.45, 7) is 12.0. The lowest BCUT2D eigenvalue weighted by Crippen LogP contribution is -2.42. The number of hydrogen-bond acceptors (Lipinski definition) is 3. The number of anilines is 1. The highest BCUT2D eigenvalue weighted by molar-refractivity contribution is 5.62. The van der Waals surface area contributed by atoms with E-state index in [2.05, 4.69) is 47.9 Å². The molecule has 0 saturated carbocycles. The van der Waals surface area contributed by atoms with Crippen LogP contribution >= 0.6 is 0 Å². The standard InChI is InChI=1S/C16H24N2O/c1-16(2)13-18(15-6-4-3-5-14(15)16)8-7-17-9-11-19-12-10-17/h3-6H,7-13H2,1-2H3. The summed E-state index contributed by atoms with van der Waals surface area (Å²) in [5.74, 6) is 0. The largest absolute Gasteiger partial charge is 0.379 e. The zero-order valence-electron chi connectivity index (χ0n) is 12.1. The van der Waals surface area contributed by atoms with Gasteiger partial charge in [-0.2, -0.15) is 0 Å². The van der Waals surface area contributed by atoms with E-state index in [0.29, 0.717) is 0 Å². The van der Waals surface area contributed by atoms with Gasteiger partial charge < -0.3 is 9.64 Å². The number of nitrogens with zero attached hydrogens (tertiary/aromatic N) is 2. The third kappa shape index (κ3) is 2.63. The van der Waals surface area contributed by atoms with E-state index in [1.54, 1.807) is 0 Å². The Kier molecular flexibility index (Phi) is 3.50. The average Bonchev–Trinajstić information content (AvgIpc) is 2.70. The zero-order valence-corrected chi connectivity index (χ0v) is 12.1. The Bertz CT molecular complexity index is 438. The van der Waals surface area contributed by atoms with Crippen LogP contribution in [0.4, 0.5) is 5.69 Å². The lowest BCUT2D eigenvalue weighted by atomic mass is 9.87. The molecule has 1 fully saturated rings. The fourth-order valence-corrected chi connectivity index (χ4v) is 3.26. The molecule has 2 heterocycles. The minimum Gasteiger partial charge on any atom is -0.379 e. The first kappa shape index (κ1) is 12.9. The van der Waals surface area contributed by atoms with Crippen molar-refractivity contribution in [2.45, 2.75) is 19.3 Å². The lowest BCUT2D eigenvalue weighted by molar-refractivity contribution is 0.0391. The molecule has 0 bridgehead atoms. The van der Waals surface area contributed by atoms with Crippen molar-refractivity contribution in [1.29, 1.82) is 0 Å². The molecule has 0 unspecified atom stereocenters. The van der Waals surface area contributed by atoms with E-state index >= 15 is 0 Å². The van der Waals surface area contributed by atoms with Crippen LogP contribution in [-0.2, 0) is 10.2 Å². The molecule has 104 valence electrons. The van der Waals surface area contributed by atoms with Gasteiger partial charge in [0, 0.05) is 43.8 Å². The summed E-state index contributed by atoms with van der Waals surface area (Å²) in [6, 6.07) is 8.86. The Hall–Kier alpha value is -1.06. The Balaban J connectivity index is 1.66. The van der Waals surface area contributed by atoms with Gasteiger partial charge >= 0.3 is 0 Å². The average molecular weight is 260 g/mol. The van der Waals surface area contributed by atoms with E-state index in [1.165, 1.54) is 11.3 Å². The molecule has 3 heteroatoms. The number of ether oxygens (including phenoxy) is 1. The lowest BCUT2D eigenvalue weighted by Gasteiger charge is -2.30. The minimum atomic E-state index is 0.279. The van der Waals surface area contributed by atoms with Crippen LogP contribution in [0.5, 0.6) is 0 Å². The number of benzene rings is 1. The van der Waals surface area contributed by atoms with E-state index in [-0.39, 0.29) is 5.41 Å². The molecule has 0 atom stereocenters. The molecule has 0 amide bonds. The Morgan fingerprint density at radius 1 is 1.11 bits per heavy atom. The molecule has 0 aromatic heterocycles. The topological polar surface area (TPSA) is 15.7 Å². The molecular formula is C16H24N2O. The first-order chi connectivity index (χ1) is 9.17. The van der Waals surface area contributed by atoms with Crippen LogP contribution in [-0.4, -0.2) is 50.8 Å². The van der Waals surface area contributed by atoms with Crippen molar-refractivity contribution >= 4 is 5.69 Å². The first-order valence-corrected chi connectivity index (χ1v) is 7.31. The second kappa shape index (κ2) is 5.14. The van der Waals surface area contributed by atoms with E-state index < -0.39 is 0 Å². The summed E-state index contributed by atoms with van der Waals surface area (Å²) in [6.07, 6.45) is 0. The van der Waals surface area contributed by atoms with Gasteiger partial charge in [-0.1, -0.05) is 32.0 Å². The summed E-state index contributed by atoms with van der Waals surface area (Å²) in [5.41, 5.74) is 3.21. The van der Waals surface area contributed by atoms with Crippen LogP contribution in [0.15, 0.2) is 24.3 Å².